The number of nitrogens with one attached hydrogen (secondary N) is 1. The van der Waals surface area contributed by atoms with E-state index in [9.17, 15) is 19.5 Å². The van der Waals surface area contributed by atoms with Crippen LogP contribution in [0.3, 0.4) is 0 Å². The minimum atomic E-state index is -1.08. The Labute approximate surface area is 151 Å². The van der Waals surface area contributed by atoms with E-state index in [0.29, 0.717) is 18.5 Å². The highest BCUT2D eigenvalue weighted by Gasteiger charge is 2.24. The van der Waals surface area contributed by atoms with E-state index in [2.05, 4.69) is 5.32 Å². The number of aliphatic carboxylic acids is 1. The fourth-order valence-corrected chi connectivity index (χ4v) is 2.53. The molecule has 7 heteroatoms. The van der Waals surface area contributed by atoms with Crippen molar-refractivity contribution in [1.82, 2.24) is 5.32 Å². The van der Waals surface area contributed by atoms with E-state index in [-0.39, 0.29) is 11.3 Å². The van der Waals surface area contributed by atoms with Crippen molar-refractivity contribution in [3.8, 4) is 0 Å². The Morgan fingerprint density at radius 3 is 2.54 bits per heavy atom. The zero-order valence-electron chi connectivity index (χ0n) is 14.8. The standard InChI is InChI=1S/C19H22N2O5/c1-3-4-9-14(19(24)25)20-17(22)13-8-5-6-10-15(13)21(2)18(23)16-11-7-12-26-16/h5-8,10-12,14H,3-4,9H2,1-2H3,(H,20,22)(H,24,25)/t14-/m0/s1. The fraction of sp³-hybridized carbons (Fsp3) is 0.316. The van der Waals surface area contributed by atoms with Crippen molar-refractivity contribution in [2.45, 2.75) is 32.2 Å². The lowest BCUT2D eigenvalue weighted by Crippen LogP contribution is -2.41. The molecule has 1 aromatic carbocycles. The Kier molecular flexibility index (Phi) is 6.54. The van der Waals surface area contributed by atoms with Crippen LogP contribution in [0.25, 0.3) is 0 Å². The first-order chi connectivity index (χ1) is 12.5. The van der Waals surface area contributed by atoms with Gasteiger partial charge in [-0.2, -0.15) is 0 Å². The van der Waals surface area contributed by atoms with Crippen LogP contribution in [-0.4, -0.2) is 36.0 Å². The predicted octanol–water partition coefficient (Wildman–Crippen LogP) is 2.93. The number of carboxylic acids is 1. The predicted molar refractivity (Wildman–Crippen MR) is 96.3 cm³/mol. The lowest BCUT2D eigenvalue weighted by atomic mass is 10.1. The zero-order valence-corrected chi connectivity index (χ0v) is 14.8. The highest BCUT2D eigenvalue weighted by molar-refractivity contribution is 6.09. The van der Waals surface area contributed by atoms with Crippen LogP contribution in [0, 0.1) is 0 Å². The summed E-state index contributed by atoms with van der Waals surface area (Å²) in [5.41, 5.74) is 0.587. The molecule has 1 aromatic heterocycles. The van der Waals surface area contributed by atoms with Gasteiger partial charge in [-0.1, -0.05) is 31.9 Å². The second-order valence-electron chi connectivity index (χ2n) is 5.87. The van der Waals surface area contributed by atoms with E-state index >= 15 is 0 Å². The number of anilines is 1. The van der Waals surface area contributed by atoms with Crippen molar-refractivity contribution in [1.29, 1.82) is 0 Å². The Morgan fingerprint density at radius 2 is 1.92 bits per heavy atom. The molecule has 0 bridgehead atoms. The molecular weight excluding hydrogens is 336 g/mol. The molecule has 0 aliphatic carbocycles. The van der Waals surface area contributed by atoms with Crippen LogP contribution in [0.2, 0.25) is 0 Å². The lowest BCUT2D eigenvalue weighted by molar-refractivity contribution is -0.139. The largest absolute Gasteiger partial charge is 0.480 e. The first kappa shape index (κ1) is 19.2. The second kappa shape index (κ2) is 8.84. The number of nitrogens with zero attached hydrogens (tertiary/aromatic N) is 1. The Morgan fingerprint density at radius 1 is 1.19 bits per heavy atom. The third kappa shape index (κ3) is 4.50. The summed E-state index contributed by atoms with van der Waals surface area (Å²) in [4.78, 5) is 37.7. The van der Waals surface area contributed by atoms with Gasteiger partial charge in [-0.25, -0.2) is 4.79 Å². The molecule has 0 saturated heterocycles. The van der Waals surface area contributed by atoms with Crippen molar-refractivity contribution < 1.29 is 23.9 Å². The Hall–Kier alpha value is -3.09. The molecule has 138 valence electrons. The van der Waals surface area contributed by atoms with Crippen LogP contribution in [0.1, 0.15) is 47.1 Å². The van der Waals surface area contributed by atoms with Crippen LogP contribution >= 0.6 is 0 Å². The summed E-state index contributed by atoms with van der Waals surface area (Å²) < 4.78 is 5.11. The first-order valence-electron chi connectivity index (χ1n) is 8.40. The molecule has 2 rings (SSSR count). The van der Waals surface area contributed by atoms with Gasteiger partial charge in [0, 0.05) is 7.05 Å². The third-order valence-electron chi connectivity index (χ3n) is 4.00. The topological polar surface area (TPSA) is 99.9 Å². The molecule has 2 N–H and O–H groups in total. The molecule has 0 radical (unpaired) electrons. The Bertz CT molecular complexity index is 770. The molecule has 26 heavy (non-hydrogen) atoms. The van der Waals surface area contributed by atoms with E-state index in [1.165, 1.54) is 24.3 Å². The van der Waals surface area contributed by atoms with Crippen LogP contribution in [0.15, 0.2) is 47.1 Å². The number of hydrogen-bond donors (Lipinski definition) is 2. The SMILES string of the molecule is CCCC[C@H](NC(=O)c1ccccc1N(C)C(=O)c1ccco1)C(=O)O. The summed E-state index contributed by atoms with van der Waals surface area (Å²) in [6.07, 6.45) is 3.26. The van der Waals surface area contributed by atoms with Crippen molar-refractivity contribution in [3.63, 3.8) is 0 Å². The average molecular weight is 358 g/mol. The van der Waals surface area contributed by atoms with Gasteiger partial charge in [-0.3, -0.25) is 9.59 Å². The smallest absolute Gasteiger partial charge is 0.326 e. The molecule has 0 fully saturated rings. The summed E-state index contributed by atoms with van der Waals surface area (Å²) in [6, 6.07) is 8.70. The van der Waals surface area contributed by atoms with Gasteiger partial charge in [0.1, 0.15) is 6.04 Å². The van der Waals surface area contributed by atoms with Crippen molar-refractivity contribution in [3.05, 3.63) is 54.0 Å². The molecule has 0 aliphatic heterocycles. The zero-order chi connectivity index (χ0) is 19.1. The number of carbonyl (C=O) groups excluding carboxylic acids is 2. The second-order valence-corrected chi connectivity index (χ2v) is 5.87. The summed E-state index contributed by atoms with van der Waals surface area (Å²) in [5, 5.41) is 11.8. The van der Waals surface area contributed by atoms with Crippen LogP contribution in [0.5, 0.6) is 0 Å². The van der Waals surface area contributed by atoms with Crippen molar-refractivity contribution in [2.24, 2.45) is 0 Å². The quantitative estimate of drug-likeness (QED) is 0.756. The number of carbonyl (C=O) groups is 3. The average Bonchev–Trinajstić information content (AvgIpc) is 3.18. The summed E-state index contributed by atoms with van der Waals surface area (Å²) in [6.45, 7) is 1.95. The van der Waals surface area contributed by atoms with E-state index in [1.54, 1.807) is 30.3 Å². The van der Waals surface area contributed by atoms with Gasteiger partial charge in [-0.15, -0.1) is 0 Å². The van der Waals surface area contributed by atoms with E-state index < -0.39 is 23.8 Å². The monoisotopic (exact) mass is 358 g/mol. The molecule has 0 unspecified atom stereocenters. The van der Waals surface area contributed by atoms with Crippen LogP contribution in [-0.2, 0) is 4.79 Å². The van der Waals surface area contributed by atoms with Crippen LogP contribution < -0.4 is 10.2 Å². The number of carboxylic acid groups (broad SMARTS) is 1. The molecule has 1 atom stereocenters. The highest BCUT2D eigenvalue weighted by Crippen LogP contribution is 2.21. The number of para-hydroxylation sites is 1. The first-order valence-corrected chi connectivity index (χ1v) is 8.40. The van der Waals surface area contributed by atoms with E-state index in [0.717, 1.165) is 6.42 Å². The van der Waals surface area contributed by atoms with Gasteiger partial charge >= 0.3 is 5.97 Å². The normalized spacial score (nSPS) is 11.6. The molecule has 1 heterocycles. The molecular formula is C19H22N2O5. The number of rotatable bonds is 8. The van der Waals surface area contributed by atoms with Crippen LogP contribution in [0.4, 0.5) is 5.69 Å². The van der Waals surface area contributed by atoms with Gasteiger partial charge in [0.05, 0.1) is 17.5 Å². The third-order valence-corrected chi connectivity index (χ3v) is 4.00. The molecule has 7 nitrogen and oxygen atoms in total. The molecule has 0 saturated carbocycles. The number of unbranched alkanes of at least 4 members (excludes halogenated alkanes) is 1. The maximum atomic E-state index is 12.6. The van der Waals surface area contributed by atoms with Gasteiger partial charge < -0.3 is 19.7 Å². The van der Waals surface area contributed by atoms with Gasteiger partial charge in [0.2, 0.25) is 0 Å². The summed E-state index contributed by atoms with van der Waals surface area (Å²) in [7, 11) is 1.53. The highest BCUT2D eigenvalue weighted by atomic mass is 16.4. The minimum Gasteiger partial charge on any atom is -0.480 e. The maximum absolute atomic E-state index is 12.6. The number of benzene rings is 1. The Balaban J connectivity index is 2.23. The minimum absolute atomic E-state index is 0.147. The molecule has 0 spiro atoms. The van der Waals surface area contributed by atoms with E-state index in [4.69, 9.17) is 4.42 Å². The number of furan rings is 1. The molecule has 0 aliphatic rings. The number of amides is 2. The maximum Gasteiger partial charge on any atom is 0.326 e. The van der Waals surface area contributed by atoms with Crippen molar-refractivity contribution in [2.75, 3.05) is 11.9 Å². The van der Waals surface area contributed by atoms with Crippen molar-refractivity contribution >= 4 is 23.5 Å². The number of hydrogen-bond acceptors (Lipinski definition) is 4. The summed E-state index contributed by atoms with van der Waals surface area (Å²) >= 11 is 0. The van der Waals surface area contributed by atoms with Gasteiger partial charge in [0.15, 0.2) is 5.76 Å². The molecule has 2 aromatic rings. The lowest BCUT2D eigenvalue weighted by Gasteiger charge is -2.21. The van der Waals surface area contributed by atoms with Gasteiger partial charge in [-0.05, 0) is 30.7 Å². The van der Waals surface area contributed by atoms with Gasteiger partial charge in [0.25, 0.3) is 11.8 Å². The summed E-state index contributed by atoms with van der Waals surface area (Å²) in [5.74, 6) is -1.88. The van der Waals surface area contributed by atoms with E-state index in [1.807, 2.05) is 6.92 Å². The fourth-order valence-electron chi connectivity index (χ4n) is 2.53. The molecule has 2 amide bonds.